The Balaban J connectivity index is 1.95. The fourth-order valence-corrected chi connectivity index (χ4v) is 3.02. The second-order valence-electron chi connectivity index (χ2n) is 4.89. The normalized spacial score (nSPS) is 13.8. The summed E-state index contributed by atoms with van der Waals surface area (Å²) in [6, 6.07) is 16.4. The number of nitrogens with zero attached hydrogens (tertiary/aromatic N) is 3. The Kier molecular flexibility index (Phi) is 2.60. The summed E-state index contributed by atoms with van der Waals surface area (Å²) >= 11 is 6.14. The van der Waals surface area contributed by atoms with E-state index in [9.17, 15) is 0 Å². The van der Waals surface area contributed by atoms with Crippen LogP contribution in [0.15, 0.2) is 48.5 Å². The smallest absolute Gasteiger partial charge is 0.163 e. The number of anilines is 2. The van der Waals surface area contributed by atoms with Crippen molar-refractivity contribution < 1.29 is 0 Å². The Morgan fingerprint density at radius 3 is 2.55 bits per heavy atom. The van der Waals surface area contributed by atoms with Gasteiger partial charge in [-0.25, -0.2) is 0 Å². The first-order chi connectivity index (χ1) is 9.84. The van der Waals surface area contributed by atoms with Crippen LogP contribution in [0.4, 0.5) is 11.5 Å². The number of para-hydroxylation sites is 1. The third-order valence-corrected chi connectivity index (χ3v) is 4.04. The molecule has 0 radical (unpaired) electrons. The van der Waals surface area contributed by atoms with Crippen molar-refractivity contribution in [2.24, 2.45) is 0 Å². The first kappa shape index (κ1) is 11.7. The minimum Gasteiger partial charge on any atom is -0.324 e. The molecule has 0 saturated carbocycles. The first-order valence-electron chi connectivity index (χ1n) is 6.61. The van der Waals surface area contributed by atoms with E-state index in [0.29, 0.717) is 5.15 Å². The molecule has 4 rings (SSSR count). The number of fused-ring (bicyclic) bond motifs is 2. The van der Waals surface area contributed by atoms with Gasteiger partial charge in [0.15, 0.2) is 11.0 Å². The highest BCUT2D eigenvalue weighted by atomic mass is 35.5. The van der Waals surface area contributed by atoms with Crippen LogP contribution in [0.5, 0.6) is 0 Å². The molecule has 0 aliphatic carbocycles. The van der Waals surface area contributed by atoms with E-state index < -0.39 is 0 Å². The molecule has 0 bridgehead atoms. The van der Waals surface area contributed by atoms with Crippen molar-refractivity contribution in [2.45, 2.75) is 6.42 Å². The third kappa shape index (κ3) is 1.67. The van der Waals surface area contributed by atoms with E-state index in [1.807, 2.05) is 24.3 Å². The minimum absolute atomic E-state index is 0.455. The Hall–Kier alpha value is -2.13. The molecular weight excluding hydrogens is 270 g/mol. The quantitative estimate of drug-likeness (QED) is 0.676. The summed E-state index contributed by atoms with van der Waals surface area (Å²) in [4.78, 5) is 2.22. The van der Waals surface area contributed by atoms with Gasteiger partial charge in [-0.2, -0.15) is 0 Å². The molecule has 20 heavy (non-hydrogen) atoms. The monoisotopic (exact) mass is 281 g/mol. The van der Waals surface area contributed by atoms with Gasteiger partial charge in [0.1, 0.15) is 0 Å². The predicted octanol–water partition coefficient (Wildman–Crippen LogP) is 3.98. The molecule has 0 atom stereocenters. The lowest BCUT2D eigenvalue weighted by Gasteiger charge is -2.19. The van der Waals surface area contributed by atoms with Gasteiger partial charge in [0.25, 0.3) is 0 Å². The Bertz CT molecular complexity index is 801. The molecule has 3 aromatic rings. The van der Waals surface area contributed by atoms with Crippen LogP contribution in [0.25, 0.3) is 10.8 Å². The lowest BCUT2D eigenvalue weighted by Crippen LogP contribution is -2.15. The van der Waals surface area contributed by atoms with Gasteiger partial charge in [0.2, 0.25) is 0 Å². The summed E-state index contributed by atoms with van der Waals surface area (Å²) in [7, 11) is 0. The van der Waals surface area contributed by atoms with Crippen molar-refractivity contribution in [3.8, 4) is 0 Å². The van der Waals surface area contributed by atoms with Crippen molar-refractivity contribution in [3.63, 3.8) is 0 Å². The number of aromatic nitrogens is 2. The molecule has 0 saturated heterocycles. The zero-order valence-corrected chi connectivity index (χ0v) is 11.5. The maximum atomic E-state index is 6.14. The molecule has 0 amide bonds. The highest BCUT2D eigenvalue weighted by molar-refractivity contribution is 6.34. The number of benzene rings is 2. The van der Waals surface area contributed by atoms with Crippen LogP contribution in [-0.4, -0.2) is 16.7 Å². The molecule has 2 heterocycles. The largest absolute Gasteiger partial charge is 0.324 e. The molecular formula is C16H12ClN3. The SMILES string of the molecule is Clc1nnc(N2CCc3ccccc32)c2ccccc12. The molecule has 1 aliphatic rings. The molecule has 0 fully saturated rings. The minimum atomic E-state index is 0.455. The van der Waals surface area contributed by atoms with E-state index in [1.54, 1.807) is 0 Å². The average Bonchev–Trinajstić information content (AvgIpc) is 2.92. The van der Waals surface area contributed by atoms with Crippen LogP contribution >= 0.6 is 11.6 Å². The van der Waals surface area contributed by atoms with Gasteiger partial charge in [-0.05, 0) is 18.1 Å². The van der Waals surface area contributed by atoms with Gasteiger partial charge in [-0.3, -0.25) is 0 Å². The highest BCUT2D eigenvalue weighted by Crippen LogP contribution is 2.37. The van der Waals surface area contributed by atoms with Crippen molar-refractivity contribution in [1.29, 1.82) is 0 Å². The number of hydrogen-bond acceptors (Lipinski definition) is 3. The zero-order valence-electron chi connectivity index (χ0n) is 10.8. The molecule has 0 spiro atoms. The van der Waals surface area contributed by atoms with Crippen LogP contribution < -0.4 is 4.90 Å². The standard InChI is InChI=1S/C16H12ClN3/c17-15-12-6-2-3-7-13(12)16(19-18-15)20-10-9-11-5-1-4-8-14(11)20/h1-8H,9-10H2. The average molecular weight is 282 g/mol. The predicted molar refractivity (Wildman–Crippen MR) is 81.7 cm³/mol. The van der Waals surface area contributed by atoms with Crippen molar-refractivity contribution in [1.82, 2.24) is 10.2 Å². The third-order valence-electron chi connectivity index (χ3n) is 3.77. The molecule has 1 aromatic heterocycles. The van der Waals surface area contributed by atoms with E-state index in [-0.39, 0.29) is 0 Å². The summed E-state index contributed by atoms with van der Waals surface area (Å²) < 4.78 is 0. The molecule has 2 aromatic carbocycles. The second-order valence-corrected chi connectivity index (χ2v) is 5.25. The van der Waals surface area contributed by atoms with E-state index in [2.05, 4.69) is 39.4 Å². The molecule has 3 nitrogen and oxygen atoms in total. The molecule has 1 aliphatic heterocycles. The van der Waals surface area contributed by atoms with E-state index in [4.69, 9.17) is 11.6 Å². The summed E-state index contributed by atoms with van der Waals surface area (Å²) in [5.41, 5.74) is 2.57. The van der Waals surface area contributed by atoms with Gasteiger partial charge in [-0.1, -0.05) is 54.1 Å². The summed E-state index contributed by atoms with van der Waals surface area (Å²) in [5, 5.41) is 10.9. The summed E-state index contributed by atoms with van der Waals surface area (Å²) in [5.74, 6) is 0.884. The summed E-state index contributed by atoms with van der Waals surface area (Å²) in [6.07, 6.45) is 1.04. The Morgan fingerprint density at radius 2 is 1.65 bits per heavy atom. The zero-order chi connectivity index (χ0) is 13.5. The maximum absolute atomic E-state index is 6.14. The van der Waals surface area contributed by atoms with Crippen LogP contribution in [-0.2, 0) is 6.42 Å². The first-order valence-corrected chi connectivity index (χ1v) is 6.99. The highest BCUT2D eigenvalue weighted by Gasteiger charge is 2.23. The lowest BCUT2D eigenvalue weighted by molar-refractivity contribution is 0.940. The number of halogens is 1. The summed E-state index contributed by atoms with van der Waals surface area (Å²) in [6.45, 7) is 0.930. The molecule has 98 valence electrons. The van der Waals surface area contributed by atoms with Crippen molar-refractivity contribution in [2.75, 3.05) is 11.4 Å². The van der Waals surface area contributed by atoms with Crippen LogP contribution in [0.1, 0.15) is 5.56 Å². The maximum Gasteiger partial charge on any atom is 0.163 e. The van der Waals surface area contributed by atoms with Gasteiger partial charge in [-0.15, -0.1) is 10.2 Å². The van der Waals surface area contributed by atoms with E-state index in [0.717, 1.165) is 29.6 Å². The number of rotatable bonds is 1. The molecule has 4 heteroatoms. The molecule has 0 N–H and O–H groups in total. The lowest BCUT2D eigenvalue weighted by atomic mass is 10.1. The molecule has 0 unspecified atom stereocenters. The van der Waals surface area contributed by atoms with E-state index >= 15 is 0 Å². The van der Waals surface area contributed by atoms with Crippen molar-refractivity contribution >= 4 is 33.9 Å². The van der Waals surface area contributed by atoms with Crippen molar-refractivity contribution in [3.05, 3.63) is 59.2 Å². The van der Waals surface area contributed by atoms with Crippen LogP contribution in [0.2, 0.25) is 5.15 Å². The fraction of sp³-hybridized carbons (Fsp3) is 0.125. The van der Waals surface area contributed by atoms with Gasteiger partial charge in [0.05, 0.1) is 0 Å². The van der Waals surface area contributed by atoms with Gasteiger partial charge < -0.3 is 4.90 Å². The Labute approximate surface area is 121 Å². The van der Waals surface area contributed by atoms with E-state index in [1.165, 1.54) is 11.3 Å². The van der Waals surface area contributed by atoms with Crippen LogP contribution in [0, 0.1) is 0 Å². The van der Waals surface area contributed by atoms with Gasteiger partial charge in [0, 0.05) is 23.0 Å². The number of hydrogen-bond donors (Lipinski definition) is 0. The second kappa shape index (κ2) is 4.46. The fourth-order valence-electron chi connectivity index (χ4n) is 2.81. The van der Waals surface area contributed by atoms with Crippen LogP contribution in [0.3, 0.4) is 0 Å². The topological polar surface area (TPSA) is 29.0 Å². The Morgan fingerprint density at radius 1 is 0.900 bits per heavy atom. The van der Waals surface area contributed by atoms with Gasteiger partial charge >= 0.3 is 0 Å².